The number of anilines is 1. The van der Waals surface area contributed by atoms with Crippen molar-refractivity contribution in [3.05, 3.63) is 35.9 Å². The van der Waals surface area contributed by atoms with Gasteiger partial charge in [-0.05, 0) is 29.7 Å². The Morgan fingerprint density at radius 2 is 1.93 bits per heavy atom. The van der Waals surface area contributed by atoms with Crippen LogP contribution in [-0.4, -0.2) is 4.98 Å². The Balaban J connectivity index is 2.75. The van der Waals surface area contributed by atoms with Gasteiger partial charge in [0.05, 0.1) is 5.52 Å². The number of pyridine rings is 1. The minimum Gasteiger partial charge on any atom is -0.384 e. The SMILES string of the molecule is CC(C)c1cccc2nc(N)ccc12. The molecule has 1 aromatic carbocycles. The van der Waals surface area contributed by atoms with Gasteiger partial charge in [-0.15, -0.1) is 0 Å². The largest absolute Gasteiger partial charge is 0.384 e. The van der Waals surface area contributed by atoms with Gasteiger partial charge in [-0.25, -0.2) is 4.98 Å². The highest BCUT2D eigenvalue weighted by atomic mass is 14.8. The molecule has 0 saturated heterocycles. The third-order valence-corrected chi connectivity index (χ3v) is 2.41. The van der Waals surface area contributed by atoms with Crippen LogP contribution < -0.4 is 5.73 Å². The van der Waals surface area contributed by atoms with Gasteiger partial charge in [-0.2, -0.15) is 0 Å². The Hall–Kier alpha value is -1.57. The quantitative estimate of drug-likeness (QED) is 0.743. The van der Waals surface area contributed by atoms with Crippen LogP contribution in [0.15, 0.2) is 30.3 Å². The number of nitrogens with two attached hydrogens (primary N) is 1. The van der Waals surface area contributed by atoms with Crippen molar-refractivity contribution in [3.8, 4) is 0 Å². The van der Waals surface area contributed by atoms with Crippen LogP contribution in [0.1, 0.15) is 25.3 Å². The van der Waals surface area contributed by atoms with Crippen molar-refractivity contribution >= 4 is 16.7 Å². The van der Waals surface area contributed by atoms with E-state index in [2.05, 4.69) is 24.9 Å². The van der Waals surface area contributed by atoms with E-state index in [-0.39, 0.29) is 0 Å². The summed E-state index contributed by atoms with van der Waals surface area (Å²) in [6.07, 6.45) is 0. The smallest absolute Gasteiger partial charge is 0.124 e. The fraction of sp³-hybridized carbons (Fsp3) is 0.250. The molecule has 0 bridgehead atoms. The summed E-state index contributed by atoms with van der Waals surface area (Å²) in [5.74, 6) is 1.10. The highest BCUT2D eigenvalue weighted by Gasteiger charge is 2.04. The summed E-state index contributed by atoms with van der Waals surface area (Å²) in [5.41, 5.74) is 7.95. The third-order valence-electron chi connectivity index (χ3n) is 2.41. The molecule has 2 aromatic rings. The molecule has 2 rings (SSSR count). The molecule has 0 atom stereocenters. The van der Waals surface area contributed by atoms with Crippen molar-refractivity contribution in [3.63, 3.8) is 0 Å². The van der Waals surface area contributed by atoms with Crippen LogP contribution in [0.25, 0.3) is 10.9 Å². The number of hydrogen-bond donors (Lipinski definition) is 1. The van der Waals surface area contributed by atoms with Gasteiger partial charge in [-0.3, -0.25) is 0 Å². The van der Waals surface area contributed by atoms with Gasteiger partial charge in [-0.1, -0.05) is 26.0 Å². The van der Waals surface area contributed by atoms with E-state index in [9.17, 15) is 0 Å². The lowest BCUT2D eigenvalue weighted by Gasteiger charge is -2.09. The molecule has 0 amide bonds. The number of nitrogens with zero attached hydrogens (tertiary/aromatic N) is 1. The maximum Gasteiger partial charge on any atom is 0.124 e. The number of aromatic nitrogens is 1. The van der Waals surface area contributed by atoms with Crippen LogP contribution in [0.3, 0.4) is 0 Å². The second-order valence-corrected chi connectivity index (χ2v) is 3.80. The van der Waals surface area contributed by atoms with Crippen LogP contribution in [0.4, 0.5) is 5.82 Å². The fourth-order valence-corrected chi connectivity index (χ4v) is 1.70. The molecule has 14 heavy (non-hydrogen) atoms. The van der Waals surface area contributed by atoms with Crippen LogP contribution in [-0.2, 0) is 0 Å². The van der Waals surface area contributed by atoms with E-state index < -0.39 is 0 Å². The molecular weight excluding hydrogens is 172 g/mol. The molecule has 0 aliphatic rings. The number of fused-ring (bicyclic) bond motifs is 1. The molecule has 0 aliphatic heterocycles. The molecular formula is C12H14N2. The summed E-state index contributed by atoms with van der Waals surface area (Å²) < 4.78 is 0. The zero-order chi connectivity index (χ0) is 10.1. The second kappa shape index (κ2) is 3.29. The molecule has 0 radical (unpaired) electrons. The van der Waals surface area contributed by atoms with Crippen LogP contribution in [0.2, 0.25) is 0 Å². The van der Waals surface area contributed by atoms with Crippen molar-refractivity contribution in [1.82, 2.24) is 4.98 Å². The second-order valence-electron chi connectivity index (χ2n) is 3.80. The summed E-state index contributed by atoms with van der Waals surface area (Å²) in [5, 5.41) is 1.21. The predicted octanol–water partition coefficient (Wildman–Crippen LogP) is 2.94. The molecule has 2 heteroatoms. The lowest BCUT2D eigenvalue weighted by atomic mass is 9.98. The first-order valence-electron chi connectivity index (χ1n) is 4.83. The van der Waals surface area contributed by atoms with Crippen molar-refractivity contribution in [2.75, 3.05) is 5.73 Å². The van der Waals surface area contributed by atoms with Crippen LogP contribution in [0, 0.1) is 0 Å². The summed E-state index contributed by atoms with van der Waals surface area (Å²) in [6, 6.07) is 10.1. The molecule has 1 aromatic heterocycles. The standard InChI is InChI=1S/C12H14N2/c1-8(2)9-4-3-5-11-10(9)6-7-12(13)14-11/h3-8H,1-2H3,(H2,13,14). The van der Waals surface area contributed by atoms with Gasteiger partial charge >= 0.3 is 0 Å². The molecule has 0 fully saturated rings. The first-order valence-corrected chi connectivity index (χ1v) is 4.83. The predicted molar refractivity (Wildman–Crippen MR) is 60.2 cm³/mol. The van der Waals surface area contributed by atoms with Gasteiger partial charge in [0.15, 0.2) is 0 Å². The van der Waals surface area contributed by atoms with Crippen molar-refractivity contribution in [2.24, 2.45) is 0 Å². The lowest BCUT2D eigenvalue weighted by molar-refractivity contribution is 0.876. The molecule has 1 heterocycles. The zero-order valence-corrected chi connectivity index (χ0v) is 8.49. The maximum absolute atomic E-state index is 5.64. The third kappa shape index (κ3) is 1.43. The van der Waals surface area contributed by atoms with E-state index in [0.29, 0.717) is 11.7 Å². The highest BCUT2D eigenvalue weighted by Crippen LogP contribution is 2.24. The van der Waals surface area contributed by atoms with Gasteiger partial charge in [0.25, 0.3) is 0 Å². The minimum absolute atomic E-state index is 0.518. The van der Waals surface area contributed by atoms with E-state index in [1.54, 1.807) is 0 Å². The Kier molecular flexibility index (Phi) is 2.12. The molecule has 0 saturated carbocycles. The average molecular weight is 186 g/mol. The first-order chi connectivity index (χ1) is 6.68. The lowest BCUT2D eigenvalue weighted by Crippen LogP contribution is -1.93. The summed E-state index contributed by atoms with van der Waals surface area (Å²) in [7, 11) is 0. The molecule has 2 N–H and O–H groups in total. The van der Waals surface area contributed by atoms with Gasteiger partial charge < -0.3 is 5.73 Å². The number of benzene rings is 1. The number of nitrogen functional groups attached to an aromatic ring is 1. The van der Waals surface area contributed by atoms with Crippen molar-refractivity contribution < 1.29 is 0 Å². The summed E-state index contributed by atoms with van der Waals surface area (Å²) >= 11 is 0. The molecule has 0 aliphatic carbocycles. The van der Waals surface area contributed by atoms with Crippen LogP contribution in [0.5, 0.6) is 0 Å². The van der Waals surface area contributed by atoms with E-state index in [1.165, 1.54) is 10.9 Å². The monoisotopic (exact) mass is 186 g/mol. The molecule has 72 valence electrons. The van der Waals surface area contributed by atoms with Gasteiger partial charge in [0, 0.05) is 5.39 Å². The molecule has 0 spiro atoms. The Morgan fingerprint density at radius 3 is 2.64 bits per heavy atom. The van der Waals surface area contributed by atoms with Crippen LogP contribution >= 0.6 is 0 Å². The van der Waals surface area contributed by atoms with E-state index in [0.717, 1.165) is 5.52 Å². The Labute approximate surface area is 83.8 Å². The molecule has 0 unspecified atom stereocenters. The minimum atomic E-state index is 0.518. The fourth-order valence-electron chi connectivity index (χ4n) is 1.70. The highest BCUT2D eigenvalue weighted by molar-refractivity contribution is 5.83. The summed E-state index contributed by atoms with van der Waals surface area (Å²) in [4.78, 5) is 4.30. The van der Waals surface area contributed by atoms with Crippen molar-refractivity contribution in [1.29, 1.82) is 0 Å². The normalized spacial score (nSPS) is 11.1. The zero-order valence-electron chi connectivity index (χ0n) is 8.49. The van der Waals surface area contributed by atoms with Gasteiger partial charge in [0.1, 0.15) is 5.82 Å². The van der Waals surface area contributed by atoms with E-state index in [4.69, 9.17) is 5.73 Å². The van der Waals surface area contributed by atoms with E-state index >= 15 is 0 Å². The topological polar surface area (TPSA) is 38.9 Å². The Bertz CT molecular complexity index is 461. The summed E-state index contributed by atoms with van der Waals surface area (Å²) in [6.45, 7) is 4.37. The average Bonchev–Trinajstić information content (AvgIpc) is 2.16. The molecule has 2 nitrogen and oxygen atoms in total. The van der Waals surface area contributed by atoms with Crippen molar-refractivity contribution in [2.45, 2.75) is 19.8 Å². The van der Waals surface area contributed by atoms with Gasteiger partial charge in [0.2, 0.25) is 0 Å². The number of rotatable bonds is 1. The van der Waals surface area contributed by atoms with E-state index in [1.807, 2.05) is 24.3 Å². The Morgan fingerprint density at radius 1 is 1.14 bits per heavy atom. The number of hydrogen-bond acceptors (Lipinski definition) is 2. The maximum atomic E-state index is 5.64. The first kappa shape index (κ1) is 9.00.